The minimum atomic E-state index is -3.33. The maximum atomic E-state index is 10.7. The summed E-state index contributed by atoms with van der Waals surface area (Å²) >= 11 is 0. The average molecular weight is 182 g/mol. The fourth-order valence-corrected chi connectivity index (χ4v) is 1.01. The van der Waals surface area contributed by atoms with Gasteiger partial charge in [-0.2, -0.15) is 8.42 Å². The van der Waals surface area contributed by atoms with Crippen LogP contribution in [-0.2, 0) is 10.2 Å². The zero-order chi connectivity index (χ0) is 8.91. The van der Waals surface area contributed by atoms with Gasteiger partial charge in [-0.25, -0.2) is 9.44 Å². The second-order valence-electron chi connectivity index (χ2n) is 2.24. The molecule has 0 aromatic carbocycles. The third-order valence-corrected chi connectivity index (χ3v) is 2.24. The summed E-state index contributed by atoms with van der Waals surface area (Å²) in [6.07, 6.45) is -0.0597. The number of aliphatic hydroxyl groups excluding tert-OH is 1. The van der Waals surface area contributed by atoms with Crippen molar-refractivity contribution in [2.45, 2.75) is 19.4 Å². The summed E-state index contributed by atoms with van der Waals surface area (Å²) < 4.78 is 25.7. The molecule has 0 fully saturated rings. The van der Waals surface area contributed by atoms with E-state index in [1.165, 1.54) is 7.05 Å². The van der Waals surface area contributed by atoms with Crippen LogP contribution in [0, 0.1) is 0 Å². The van der Waals surface area contributed by atoms with Crippen molar-refractivity contribution in [3.63, 3.8) is 0 Å². The predicted octanol–water partition coefficient (Wildman–Crippen LogP) is -1.19. The summed E-state index contributed by atoms with van der Waals surface area (Å²) in [5.41, 5.74) is 0. The highest BCUT2D eigenvalue weighted by atomic mass is 32.2. The average Bonchev–Trinajstić information content (AvgIpc) is 1.87. The zero-order valence-electron chi connectivity index (χ0n) is 6.66. The standard InChI is InChI=1S/C5H14N2O3S/c1-5(8)3-4-7-11(9,10)6-2/h5-8H,3-4H2,1-2H3. The van der Waals surface area contributed by atoms with Gasteiger partial charge in [-0.3, -0.25) is 0 Å². The molecule has 0 spiro atoms. The van der Waals surface area contributed by atoms with E-state index in [4.69, 9.17) is 5.11 Å². The van der Waals surface area contributed by atoms with Crippen LogP contribution in [0.1, 0.15) is 13.3 Å². The van der Waals surface area contributed by atoms with Gasteiger partial charge in [-0.15, -0.1) is 0 Å². The fraction of sp³-hybridized carbons (Fsp3) is 1.00. The van der Waals surface area contributed by atoms with Gasteiger partial charge >= 0.3 is 0 Å². The zero-order valence-corrected chi connectivity index (χ0v) is 7.48. The monoisotopic (exact) mass is 182 g/mol. The Balaban J connectivity index is 3.55. The molecule has 0 bridgehead atoms. The van der Waals surface area contributed by atoms with E-state index in [1.54, 1.807) is 6.92 Å². The highest BCUT2D eigenvalue weighted by molar-refractivity contribution is 7.87. The van der Waals surface area contributed by atoms with Crippen molar-refractivity contribution in [3.8, 4) is 0 Å². The molecule has 0 rings (SSSR count). The lowest BCUT2D eigenvalue weighted by atomic mass is 10.3. The highest BCUT2D eigenvalue weighted by Crippen LogP contribution is 1.86. The topological polar surface area (TPSA) is 78.4 Å². The maximum Gasteiger partial charge on any atom is 0.276 e. The lowest BCUT2D eigenvalue weighted by molar-refractivity contribution is 0.186. The number of hydrogen-bond donors (Lipinski definition) is 3. The van der Waals surface area contributed by atoms with E-state index in [0.717, 1.165) is 0 Å². The summed E-state index contributed by atoms with van der Waals surface area (Å²) in [5.74, 6) is 0. The van der Waals surface area contributed by atoms with Crippen molar-refractivity contribution < 1.29 is 13.5 Å². The first kappa shape index (κ1) is 10.8. The Kier molecular flexibility index (Phi) is 4.58. The third-order valence-electron chi connectivity index (χ3n) is 1.12. The Bertz CT molecular complexity index is 188. The predicted molar refractivity (Wildman–Crippen MR) is 42.3 cm³/mol. The van der Waals surface area contributed by atoms with Gasteiger partial charge < -0.3 is 5.11 Å². The fourth-order valence-electron chi connectivity index (χ4n) is 0.474. The van der Waals surface area contributed by atoms with Gasteiger partial charge in [0.1, 0.15) is 0 Å². The van der Waals surface area contributed by atoms with Crippen LogP contribution in [0.15, 0.2) is 0 Å². The molecule has 68 valence electrons. The molecule has 0 radical (unpaired) electrons. The van der Waals surface area contributed by atoms with E-state index < -0.39 is 16.3 Å². The van der Waals surface area contributed by atoms with Gasteiger partial charge in [0.15, 0.2) is 0 Å². The summed E-state index contributed by atoms with van der Waals surface area (Å²) in [5, 5.41) is 8.77. The van der Waals surface area contributed by atoms with Crippen LogP contribution in [0.4, 0.5) is 0 Å². The van der Waals surface area contributed by atoms with Crippen molar-refractivity contribution in [2.24, 2.45) is 0 Å². The molecule has 0 aliphatic rings. The van der Waals surface area contributed by atoms with Crippen LogP contribution in [-0.4, -0.2) is 33.2 Å². The smallest absolute Gasteiger partial charge is 0.276 e. The molecule has 5 nitrogen and oxygen atoms in total. The van der Waals surface area contributed by atoms with Crippen LogP contribution in [0.2, 0.25) is 0 Å². The Labute approximate surface area is 67.0 Å². The molecule has 1 atom stereocenters. The number of hydrogen-bond acceptors (Lipinski definition) is 3. The van der Waals surface area contributed by atoms with E-state index in [9.17, 15) is 8.42 Å². The van der Waals surface area contributed by atoms with E-state index in [-0.39, 0.29) is 6.54 Å². The van der Waals surface area contributed by atoms with Crippen molar-refractivity contribution in [1.82, 2.24) is 9.44 Å². The molecule has 0 heterocycles. The van der Waals surface area contributed by atoms with Gasteiger partial charge in [-0.05, 0) is 13.3 Å². The van der Waals surface area contributed by atoms with E-state index in [0.29, 0.717) is 6.42 Å². The second-order valence-corrected chi connectivity index (χ2v) is 3.94. The van der Waals surface area contributed by atoms with Crippen molar-refractivity contribution in [1.29, 1.82) is 0 Å². The molecule has 0 aliphatic carbocycles. The Hall–Kier alpha value is -0.170. The van der Waals surface area contributed by atoms with Crippen LogP contribution in [0.25, 0.3) is 0 Å². The Morgan fingerprint density at radius 1 is 1.55 bits per heavy atom. The SMILES string of the molecule is CNS(=O)(=O)NCCC(C)O. The molecular weight excluding hydrogens is 168 g/mol. The van der Waals surface area contributed by atoms with E-state index >= 15 is 0 Å². The molecule has 0 aliphatic heterocycles. The molecule has 1 unspecified atom stereocenters. The second kappa shape index (κ2) is 4.66. The van der Waals surface area contributed by atoms with Crippen molar-refractivity contribution in [3.05, 3.63) is 0 Å². The molecular formula is C5H14N2O3S. The van der Waals surface area contributed by atoms with E-state index in [1.807, 2.05) is 0 Å². The van der Waals surface area contributed by atoms with Crippen LogP contribution >= 0.6 is 0 Å². The molecule has 0 saturated heterocycles. The van der Waals surface area contributed by atoms with Gasteiger partial charge in [0.25, 0.3) is 10.2 Å². The molecule has 0 amide bonds. The normalized spacial score (nSPS) is 14.8. The summed E-state index contributed by atoms with van der Waals surface area (Å²) in [6.45, 7) is 1.86. The van der Waals surface area contributed by atoms with Crippen LogP contribution in [0.3, 0.4) is 0 Å². The minimum Gasteiger partial charge on any atom is -0.393 e. The molecule has 0 saturated carbocycles. The quantitative estimate of drug-likeness (QED) is 0.500. The van der Waals surface area contributed by atoms with Gasteiger partial charge in [0.05, 0.1) is 6.10 Å². The Morgan fingerprint density at radius 2 is 2.09 bits per heavy atom. The molecule has 6 heteroatoms. The summed E-state index contributed by atoms with van der Waals surface area (Å²) in [6, 6.07) is 0. The number of aliphatic hydroxyl groups is 1. The molecule has 0 aromatic heterocycles. The number of nitrogens with one attached hydrogen (secondary N) is 2. The highest BCUT2D eigenvalue weighted by Gasteiger charge is 2.04. The van der Waals surface area contributed by atoms with Gasteiger partial charge in [0, 0.05) is 13.6 Å². The van der Waals surface area contributed by atoms with Crippen LogP contribution in [0.5, 0.6) is 0 Å². The molecule has 3 N–H and O–H groups in total. The minimum absolute atomic E-state index is 0.251. The van der Waals surface area contributed by atoms with Crippen LogP contribution < -0.4 is 9.44 Å². The number of rotatable bonds is 5. The largest absolute Gasteiger partial charge is 0.393 e. The third kappa shape index (κ3) is 6.24. The first-order valence-corrected chi connectivity index (χ1v) is 4.82. The first-order chi connectivity index (χ1) is 4.98. The van der Waals surface area contributed by atoms with Crippen molar-refractivity contribution >= 4 is 10.2 Å². The summed E-state index contributed by atoms with van der Waals surface area (Å²) in [4.78, 5) is 0. The van der Waals surface area contributed by atoms with E-state index in [2.05, 4.69) is 9.44 Å². The molecule has 11 heavy (non-hydrogen) atoms. The Morgan fingerprint density at radius 3 is 2.45 bits per heavy atom. The van der Waals surface area contributed by atoms with Gasteiger partial charge in [0.2, 0.25) is 0 Å². The van der Waals surface area contributed by atoms with Gasteiger partial charge in [-0.1, -0.05) is 0 Å². The van der Waals surface area contributed by atoms with Crippen molar-refractivity contribution in [2.75, 3.05) is 13.6 Å². The first-order valence-electron chi connectivity index (χ1n) is 3.34. The summed E-state index contributed by atoms with van der Waals surface area (Å²) in [7, 11) is -2.00. The molecule has 0 aromatic rings. The lowest BCUT2D eigenvalue weighted by Gasteiger charge is -2.05. The maximum absolute atomic E-state index is 10.7. The lowest BCUT2D eigenvalue weighted by Crippen LogP contribution is -2.35.